The van der Waals surface area contributed by atoms with Crippen LogP contribution in [-0.2, 0) is 32.6 Å². The van der Waals surface area contributed by atoms with E-state index in [-0.39, 0.29) is 40.2 Å². The van der Waals surface area contributed by atoms with Crippen LogP contribution in [0.4, 0.5) is 10.1 Å². The number of sulfonamides is 1. The summed E-state index contributed by atoms with van der Waals surface area (Å²) in [5.41, 5.74) is 1.09. The summed E-state index contributed by atoms with van der Waals surface area (Å²) < 4.78 is 49.3. The predicted molar refractivity (Wildman–Crippen MR) is 173 cm³/mol. The molecule has 0 heterocycles. The number of hydrogen-bond acceptors (Lipinski definition) is 5. The maximum absolute atomic E-state index is 15.0. The summed E-state index contributed by atoms with van der Waals surface area (Å²) in [5, 5.41) is 3.13. The van der Waals surface area contributed by atoms with Gasteiger partial charge in [-0.1, -0.05) is 66.2 Å². The molecule has 0 aliphatic carbocycles. The molecule has 0 aliphatic rings. The Kier molecular flexibility index (Phi) is 11.2. The average molecular weight is 652 g/mol. The third-order valence-electron chi connectivity index (χ3n) is 7.02. The molecule has 0 aliphatic heterocycles. The minimum atomic E-state index is -4.33. The van der Waals surface area contributed by atoms with Gasteiger partial charge in [0.1, 0.15) is 24.2 Å². The monoisotopic (exact) mass is 651 g/mol. The van der Waals surface area contributed by atoms with Gasteiger partial charge in [0.05, 0.1) is 17.7 Å². The second-order valence-electron chi connectivity index (χ2n) is 10.6. The number of nitrogens with zero attached hydrogens (tertiary/aromatic N) is 2. The van der Waals surface area contributed by atoms with Gasteiger partial charge in [-0.15, -0.1) is 0 Å². The SMILES string of the molecule is COc1ccc(S(=O)(=O)N(CC(=O)N(Cc2ccccc2F)[C@H](Cc2ccccc2)C(=O)NC(C)C)c2cccc(Cl)c2)cc1. The molecule has 0 unspecified atom stereocenters. The van der Waals surface area contributed by atoms with Crippen LogP contribution in [0.1, 0.15) is 25.0 Å². The van der Waals surface area contributed by atoms with Crippen molar-refractivity contribution in [3.05, 3.63) is 125 Å². The summed E-state index contributed by atoms with van der Waals surface area (Å²) in [6.07, 6.45) is 0.113. The fraction of sp³-hybridized carbons (Fsp3) is 0.235. The predicted octanol–water partition coefficient (Wildman–Crippen LogP) is 5.85. The van der Waals surface area contributed by atoms with E-state index in [1.54, 1.807) is 32.0 Å². The van der Waals surface area contributed by atoms with E-state index in [1.807, 2.05) is 30.3 Å². The molecule has 236 valence electrons. The number of hydrogen-bond donors (Lipinski definition) is 1. The molecule has 1 atom stereocenters. The zero-order valence-corrected chi connectivity index (χ0v) is 26.8. The molecule has 8 nitrogen and oxygen atoms in total. The molecule has 4 aromatic rings. The molecule has 0 bridgehead atoms. The smallest absolute Gasteiger partial charge is 0.264 e. The van der Waals surface area contributed by atoms with Crippen LogP contribution in [-0.4, -0.2) is 50.9 Å². The summed E-state index contributed by atoms with van der Waals surface area (Å²) in [6, 6.07) is 25.6. The van der Waals surface area contributed by atoms with Crippen molar-refractivity contribution in [3.63, 3.8) is 0 Å². The highest BCUT2D eigenvalue weighted by molar-refractivity contribution is 7.92. The average Bonchev–Trinajstić information content (AvgIpc) is 3.02. The Morgan fingerprint density at radius 3 is 2.20 bits per heavy atom. The Balaban J connectivity index is 1.81. The summed E-state index contributed by atoms with van der Waals surface area (Å²) in [4.78, 5) is 29.2. The molecule has 45 heavy (non-hydrogen) atoms. The summed E-state index contributed by atoms with van der Waals surface area (Å²) in [5.74, 6) is -1.27. The van der Waals surface area contributed by atoms with Gasteiger partial charge >= 0.3 is 0 Å². The largest absolute Gasteiger partial charge is 0.497 e. The number of carbonyl (C=O) groups is 2. The van der Waals surface area contributed by atoms with Crippen molar-refractivity contribution in [2.45, 2.75) is 43.8 Å². The molecule has 0 spiro atoms. The molecule has 0 radical (unpaired) electrons. The van der Waals surface area contributed by atoms with Gasteiger partial charge in [-0.3, -0.25) is 13.9 Å². The number of amides is 2. The molecule has 0 saturated heterocycles. The van der Waals surface area contributed by atoms with Crippen molar-refractivity contribution in [1.82, 2.24) is 10.2 Å². The van der Waals surface area contributed by atoms with Gasteiger partial charge < -0.3 is 15.0 Å². The Labute approximate surface area is 268 Å². The molecule has 4 rings (SSSR count). The molecule has 0 aromatic heterocycles. The van der Waals surface area contributed by atoms with Gasteiger partial charge in [-0.05, 0) is 67.9 Å². The highest BCUT2D eigenvalue weighted by atomic mass is 35.5. The number of anilines is 1. The first-order valence-electron chi connectivity index (χ1n) is 14.3. The highest BCUT2D eigenvalue weighted by Crippen LogP contribution is 2.28. The number of nitrogens with one attached hydrogen (secondary N) is 1. The lowest BCUT2D eigenvalue weighted by molar-refractivity contribution is -0.140. The fourth-order valence-corrected chi connectivity index (χ4v) is 6.37. The standard InChI is InChI=1S/C34H35ClFN3O5S/c1-24(2)37-34(41)32(20-25-10-5-4-6-11-25)38(22-26-12-7-8-15-31(26)36)33(40)23-39(28-14-9-13-27(35)21-28)45(42,43)30-18-16-29(44-3)17-19-30/h4-19,21,24,32H,20,22-23H2,1-3H3,(H,37,41)/t32-/m1/s1. The molecule has 1 N–H and O–H groups in total. The third kappa shape index (κ3) is 8.61. The second-order valence-corrected chi connectivity index (χ2v) is 12.9. The molecule has 11 heteroatoms. The lowest BCUT2D eigenvalue weighted by atomic mass is 10.0. The highest BCUT2D eigenvalue weighted by Gasteiger charge is 2.35. The van der Waals surface area contributed by atoms with Crippen LogP contribution in [0.2, 0.25) is 5.02 Å². The van der Waals surface area contributed by atoms with Crippen LogP contribution in [0.25, 0.3) is 0 Å². The Hall–Kier alpha value is -4.41. The van der Waals surface area contributed by atoms with Gasteiger partial charge in [-0.2, -0.15) is 0 Å². The van der Waals surface area contributed by atoms with Gasteiger partial charge in [-0.25, -0.2) is 12.8 Å². The van der Waals surface area contributed by atoms with E-state index >= 15 is 0 Å². The molecule has 0 fully saturated rings. The Morgan fingerprint density at radius 1 is 0.911 bits per heavy atom. The van der Waals surface area contributed by atoms with Gasteiger partial charge in [0.15, 0.2) is 0 Å². The number of benzene rings is 4. The zero-order valence-electron chi connectivity index (χ0n) is 25.2. The van der Waals surface area contributed by atoms with Crippen molar-refractivity contribution < 1.29 is 27.1 Å². The van der Waals surface area contributed by atoms with E-state index in [9.17, 15) is 22.4 Å². The minimum Gasteiger partial charge on any atom is -0.497 e. The summed E-state index contributed by atoms with van der Waals surface area (Å²) in [7, 11) is -2.87. The topological polar surface area (TPSA) is 96.0 Å². The van der Waals surface area contributed by atoms with Gasteiger partial charge in [0.25, 0.3) is 10.0 Å². The van der Waals surface area contributed by atoms with Crippen molar-refractivity contribution >= 4 is 39.1 Å². The van der Waals surface area contributed by atoms with Crippen molar-refractivity contribution in [2.24, 2.45) is 0 Å². The van der Waals surface area contributed by atoms with E-state index in [0.717, 1.165) is 9.87 Å². The molecule has 2 amide bonds. The van der Waals surface area contributed by atoms with Gasteiger partial charge in [0, 0.05) is 29.6 Å². The second kappa shape index (κ2) is 15.0. The van der Waals surface area contributed by atoms with E-state index in [1.165, 1.54) is 66.6 Å². The van der Waals surface area contributed by atoms with Crippen LogP contribution in [0, 0.1) is 5.82 Å². The fourth-order valence-electron chi connectivity index (χ4n) is 4.78. The Bertz CT molecular complexity index is 1720. The molecular formula is C34H35ClFN3O5S. The number of methoxy groups -OCH3 is 1. The third-order valence-corrected chi connectivity index (χ3v) is 9.05. The van der Waals surface area contributed by atoms with E-state index < -0.39 is 40.2 Å². The maximum atomic E-state index is 15.0. The van der Waals surface area contributed by atoms with Crippen LogP contribution < -0.4 is 14.4 Å². The number of halogens is 2. The van der Waals surface area contributed by atoms with Crippen molar-refractivity contribution in [3.8, 4) is 5.75 Å². The minimum absolute atomic E-state index is 0.0879. The van der Waals surface area contributed by atoms with Crippen LogP contribution in [0.3, 0.4) is 0 Å². The zero-order chi connectivity index (χ0) is 32.6. The first-order chi connectivity index (χ1) is 21.5. The number of ether oxygens (including phenoxy) is 1. The van der Waals surface area contributed by atoms with Crippen molar-refractivity contribution in [2.75, 3.05) is 18.0 Å². The van der Waals surface area contributed by atoms with E-state index in [4.69, 9.17) is 16.3 Å². The number of carbonyl (C=O) groups excluding carboxylic acids is 2. The Morgan fingerprint density at radius 2 is 1.58 bits per heavy atom. The quantitative estimate of drug-likeness (QED) is 0.196. The first-order valence-corrected chi connectivity index (χ1v) is 16.1. The van der Waals surface area contributed by atoms with Crippen LogP contribution >= 0.6 is 11.6 Å². The van der Waals surface area contributed by atoms with E-state index in [0.29, 0.717) is 5.75 Å². The van der Waals surface area contributed by atoms with Crippen LogP contribution in [0.5, 0.6) is 5.75 Å². The maximum Gasteiger partial charge on any atom is 0.264 e. The lowest BCUT2D eigenvalue weighted by Gasteiger charge is -2.34. The summed E-state index contributed by atoms with van der Waals surface area (Å²) in [6.45, 7) is 2.62. The lowest BCUT2D eigenvalue weighted by Crippen LogP contribution is -2.54. The molecule has 0 saturated carbocycles. The molecule has 4 aromatic carbocycles. The number of rotatable bonds is 13. The summed E-state index contributed by atoms with van der Waals surface area (Å²) >= 11 is 6.25. The van der Waals surface area contributed by atoms with Crippen molar-refractivity contribution in [1.29, 1.82) is 0 Å². The van der Waals surface area contributed by atoms with E-state index in [2.05, 4.69) is 5.32 Å². The first kappa shape index (κ1) is 33.5. The van der Waals surface area contributed by atoms with Gasteiger partial charge in [0.2, 0.25) is 11.8 Å². The van der Waals surface area contributed by atoms with Crippen LogP contribution in [0.15, 0.2) is 108 Å². The molecular weight excluding hydrogens is 617 g/mol. The normalized spacial score (nSPS) is 12.0.